The summed E-state index contributed by atoms with van der Waals surface area (Å²) in [6.45, 7) is 3.98. The Morgan fingerprint density at radius 3 is 2.78 bits per heavy atom. The number of aryl methyl sites for hydroxylation is 1. The molecule has 0 aromatic heterocycles. The van der Waals surface area contributed by atoms with E-state index in [0.717, 1.165) is 6.42 Å². The van der Waals surface area contributed by atoms with Gasteiger partial charge in [0.1, 0.15) is 6.61 Å². The zero-order chi connectivity index (χ0) is 13.2. The lowest BCUT2D eigenvalue weighted by Gasteiger charge is -2.05. The maximum atomic E-state index is 10.6. The molecular weight excluding hydrogens is 224 g/mol. The number of rotatable bonds is 7. The Morgan fingerprint density at radius 2 is 2.06 bits per heavy atom. The molecule has 0 saturated heterocycles. The van der Waals surface area contributed by atoms with Crippen LogP contribution in [0.4, 0.5) is 0 Å². The average Bonchev–Trinajstić information content (AvgIpc) is 2.36. The number of carbonyl (C=O) groups excluding carboxylic acids is 1. The number of ether oxygens (including phenoxy) is 1. The summed E-state index contributed by atoms with van der Waals surface area (Å²) in [5.74, 6) is -0.240. The molecule has 0 radical (unpaired) electrons. The Kier molecular flexibility index (Phi) is 6.85. The van der Waals surface area contributed by atoms with Crippen molar-refractivity contribution in [2.45, 2.75) is 39.5 Å². The highest BCUT2D eigenvalue weighted by molar-refractivity contribution is 5.66. The summed E-state index contributed by atoms with van der Waals surface area (Å²) < 4.78 is 4.88. The average molecular weight is 246 g/mol. The fourth-order valence-electron chi connectivity index (χ4n) is 1.83. The van der Waals surface area contributed by atoms with Crippen LogP contribution >= 0.6 is 0 Å². The van der Waals surface area contributed by atoms with E-state index < -0.39 is 0 Å². The first-order valence-electron chi connectivity index (χ1n) is 6.62. The van der Waals surface area contributed by atoms with Crippen LogP contribution in [-0.2, 0) is 16.0 Å². The molecule has 2 nitrogen and oxygen atoms in total. The molecule has 0 aliphatic carbocycles. The first-order chi connectivity index (χ1) is 8.74. The SMILES string of the molecule is CCCCCc1ccccc1/C=C/COC(C)=O. The molecule has 1 aromatic carbocycles. The fraction of sp³-hybridized carbons (Fsp3) is 0.438. The van der Waals surface area contributed by atoms with E-state index in [1.165, 1.54) is 37.3 Å². The highest BCUT2D eigenvalue weighted by atomic mass is 16.5. The molecule has 0 fully saturated rings. The van der Waals surface area contributed by atoms with Crippen LogP contribution in [-0.4, -0.2) is 12.6 Å². The van der Waals surface area contributed by atoms with Crippen molar-refractivity contribution in [2.75, 3.05) is 6.61 Å². The molecule has 2 heteroatoms. The zero-order valence-corrected chi connectivity index (χ0v) is 11.3. The standard InChI is InChI=1S/C16H22O2/c1-3-4-5-9-15-10-6-7-11-16(15)12-8-13-18-14(2)17/h6-8,10-12H,3-5,9,13H2,1-2H3/b12-8+. The third kappa shape index (κ3) is 5.67. The maximum Gasteiger partial charge on any atom is 0.302 e. The Labute approximate surface area is 110 Å². The smallest absolute Gasteiger partial charge is 0.302 e. The summed E-state index contributed by atoms with van der Waals surface area (Å²) in [6.07, 6.45) is 8.77. The van der Waals surface area contributed by atoms with E-state index in [2.05, 4.69) is 25.1 Å². The van der Waals surface area contributed by atoms with Crippen LogP contribution in [0.3, 0.4) is 0 Å². The predicted octanol–water partition coefficient (Wildman–Crippen LogP) is 4.00. The largest absolute Gasteiger partial charge is 0.462 e. The summed E-state index contributed by atoms with van der Waals surface area (Å²) in [5.41, 5.74) is 2.59. The van der Waals surface area contributed by atoms with Crippen molar-refractivity contribution < 1.29 is 9.53 Å². The van der Waals surface area contributed by atoms with Gasteiger partial charge in [-0.05, 0) is 30.0 Å². The fourth-order valence-corrected chi connectivity index (χ4v) is 1.83. The van der Waals surface area contributed by atoms with Gasteiger partial charge in [-0.3, -0.25) is 4.79 Å². The summed E-state index contributed by atoms with van der Waals surface area (Å²) in [4.78, 5) is 10.6. The Bertz CT molecular complexity index is 394. The molecule has 18 heavy (non-hydrogen) atoms. The van der Waals surface area contributed by atoms with Gasteiger partial charge < -0.3 is 4.74 Å². The third-order valence-electron chi connectivity index (χ3n) is 2.78. The molecule has 98 valence electrons. The van der Waals surface area contributed by atoms with E-state index in [4.69, 9.17) is 4.74 Å². The molecule has 0 spiro atoms. The van der Waals surface area contributed by atoms with E-state index in [0.29, 0.717) is 6.61 Å². The lowest BCUT2D eigenvalue weighted by molar-refractivity contribution is -0.139. The molecular formula is C16H22O2. The number of esters is 1. The van der Waals surface area contributed by atoms with E-state index in [1.54, 1.807) is 0 Å². The topological polar surface area (TPSA) is 26.3 Å². The van der Waals surface area contributed by atoms with Gasteiger partial charge in [0.15, 0.2) is 0 Å². The minimum atomic E-state index is -0.240. The lowest BCUT2D eigenvalue weighted by Crippen LogP contribution is -1.97. The lowest BCUT2D eigenvalue weighted by atomic mass is 10.0. The number of hydrogen-bond donors (Lipinski definition) is 0. The summed E-state index contributed by atoms with van der Waals surface area (Å²) in [6, 6.07) is 8.38. The van der Waals surface area contributed by atoms with Gasteiger partial charge in [-0.2, -0.15) is 0 Å². The Hall–Kier alpha value is -1.57. The van der Waals surface area contributed by atoms with Crippen LogP contribution in [0.15, 0.2) is 30.3 Å². The summed E-state index contributed by atoms with van der Waals surface area (Å²) >= 11 is 0. The van der Waals surface area contributed by atoms with Crippen LogP contribution in [0.25, 0.3) is 6.08 Å². The second-order valence-corrected chi connectivity index (χ2v) is 4.36. The Balaban J connectivity index is 2.55. The molecule has 0 bridgehead atoms. The van der Waals surface area contributed by atoms with Crippen LogP contribution in [0.2, 0.25) is 0 Å². The van der Waals surface area contributed by atoms with E-state index >= 15 is 0 Å². The summed E-state index contributed by atoms with van der Waals surface area (Å²) in [5, 5.41) is 0. The van der Waals surface area contributed by atoms with Crippen LogP contribution in [0.5, 0.6) is 0 Å². The van der Waals surface area contributed by atoms with Gasteiger partial charge in [-0.15, -0.1) is 0 Å². The minimum absolute atomic E-state index is 0.240. The first kappa shape index (κ1) is 14.5. The van der Waals surface area contributed by atoms with Crippen molar-refractivity contribution in [2.24, 2.45) is 0 Å². The van der Waals surface area contributed by atoms with Crippen molar-refractivity contribution in [3.05, 3.63) is 41.5 Å². The maximum absolute atomic E-state index is 10.6. The first-order valence-corrected chi connectivity index (χ1v) is 6.62. The van der Waals surface area contributed by atoms with E-state index in [9.17, 15) is 4.79 Å². The van der Waals surface area contributed by atoms with Crippen LogP contribution in [0.1, 0.15) is 44.2 Å². The molecule has 0 atom stereocenters. The number of benzene rings is 1. The van der Waals surface area contributed by atoms with Crippen molar-refractivity contribution in [3.63, 3.8) is 0 Å². The van der Waals surface area contributed by atoms with Crippen LogP contribution in [0, 0.1) is 0 Å². The second-order valence-electron chi connectivity index (χ2n) is 4.36. The van der Waals surface area contributed by atoms with Gasteiger partial charge in [0.2, 0.25) is 0 Å². The number of carbonyl (C=O) groups is 1. The molecule has 0 unspecified atom stereocenters. The minimum Gasteiger partial charge on any atom is -0.462 e. The molecule has 0 saturated carbocycles. The molecule has 0 heterocycles. The van der Waals surface area contributed by atoms with Gasteiger partial charge in [0, 0.05) is 6.92 Å². The van der Waals surface area contributed by atoms with Crippen LogP contribution < -0.4 is 0 Å². The monoisotopic (exact) mass is 246 g/mol. The highest BCUT2D eigenvalue weighted by Crippen LogP contribution is 2.14. The molecule has 0 aliphatic rings. The van der Waals surface area contributed by atoms with Gasteiger partial charge in [-0.25, -0.2) is 0 Å². The van der Waals surface area contributed by atoms with Gasteiger partial charge in [0.25, 0.3) is 0 Å². The van der Waals surface area contributed by atoms with E-state index in [1.807, 2.05) is 18.2 Å². The number of hydrogen-bond acceptors (Lipinski definition) is 2. The predicted molar refractivity (Wildman–Crippen MR) is 75.3 cm³/mol. The van der Waals surface area contributed by atoms with Crippen molar-refractivity contribution in [3.8, 4) is 0 Å². The molecule has 0 N–H and O–H groups in total. The normalized spacial score (nSPS) is 10.8. The molecule has 1 aromatic rings. The second kappa shape index (κ2) is 8.51. The highest BCUT2D eigenvalue weighted by Gasteiger charge is 1.98. The van der Waals surface area contributed by atoms with Crippen molar-refractivity contribution >= 4 is 12.0 Å². The van der Waals surface area contributed by atoms with Crippen molar-refractivity contribution in [1.29, 1.82) is 0 Å². The van der Waals surface area contributed by atoms with E-state index in [-0.39, 0.29) is 5.97 Å². The molecule has 1 rings (SSSR count). The number of unbranched alkanes of at least 4 members (excludes halogenated alkanes) is 2. The Morgan fingerprint density at radius 1 is 1.28 bits per heavy atom. The molecule has 0 amide bonds. The van der Waals surface area contributed by atoms with Crippen molar-refractivity contribution in [1.82, 2.24) is 0 Å². The zero-order valence-electron chi connectivity index (χ0n) is 11.3. The molecule has 0 aliphatic heterocycles. The third-order valence-corrected chi connectivity index (χ3v) is 2.78. The van der Waals surface area contributed by atoms with Gasteiger partial charge in [-0.1, -0.05) is 50.1 Å². The van der Waals surface area contributed by atoms with Gasteiger partial charge >= 0.3 is 5.97 Å². The van der Waals surface area contributed by atoms with Gasteiger partial charge in [0.05, 0.1) is 0 Å². The quantitative estimate of drug-likeness (QED) is 0.537. The summed E-state index contributed by atoms with van der Waals surface area (Å²) in [7, 11) is 0.